The van der Waals surface area contributed by atoms with Gasteiger partial charge in [0, 0.05) is 24.2 Å². The molecule has 0 spiro atoms. The van der Waals surface area contributed by atoms with Crippen LogP contribution in [0.2, 0.25) is 0 Å². The average molecular weight is 418 g/mol. The summed E-state index contributed by atoms with van der Waals surface area (Å²) >= 11 is 0. The highest BCUT2D eigenvalue weighted by Crippen LogP contribution is 2.44. The Bertz CT molecular complexity index is 1060. The van der Waals surface area contributed by atoms with Crippen molar-refractivity contribution in [2.24, 2.45) is 0 Å². The molecular formula is C24H22N2O5. The van der Waals surface area contributed by atoms with Gasteiger partial charge in [-0.05, 0) is 34.4 Å². The van der Waals surface area contributed by atoms with E-state index in [2.05, 4.69) is 22.4 Å². The summed E-state index contributed by atoms with van der Waals surface area (Å²) in [5, 5.41) is 22.9. The van der Waals surface area contributed by atoms with Crippen molar-refractivity contribution in [3.63, 3.8) is 0 Å². The van der Waals surface area contributed by atoms with Gasteiger partial charge in [0.1, 0.15) is 25.1 Å². The molecule has 0 saturated heterocycles. The van der Waals surface area contributed by atoms with Crippen LogP contribution in [0.25, 0.3) is 11.1 Å². The summed E-state index contributed by atoms with van der Waals surface area (Å²) < 4.78 is 5.41. The van der Waals surface area contributed by atoms with E-state index in [1.54, 1.807) is 0 Å². The number of aliphatic hydroxyl groups excluding tert-OH is 2. The second kappa shape index (κ2) is 9.07. The van der Waals surface area contributed by atoms with Crippen LogP contribution < -0.4 is 5.32 Å². The molecule has 1 aliphatic rings. The fourth-order valence-electron chi connectivity index (χ4n) is 3.85. The zero-order valence-electron chi connectivity index (χ0n) is 16.6. The fourth-order valence-corrected chi connectivity index (χ4v) is 3.85. The van der Waals surface area contributed by atoms with E-state index < -0.39 is 18.3 Å². The molecule has 2 unspecified atom stereocenters. The van der Waals surface area contributed by atoms with Gasteiger partial charge < -0.3 is 20.3 Å². The summed E-state index contributed by atoms with van der Waals surface area (Å²) in [4.78, 5) is 27.0. The number of aromatic nitrogens is 1. The Kier molecular flexibility index (Phi) is 6.06. The number of carbonyl (C=O) groups excluding carboxylic acids is 2. The smallest absolute Gasteiger partial charge is 0.407 e. The predicted molar refractivity (Wildman–Crippen MR) is 114 cm³/mol. The van der Waals surface area contributed by atoms with Crippen molar-refractivity contribution in [3.8, 4) is 11.1 Å². The van der Waals surface area contributed by atoms with Crippen molar-refractivity contribution in [1.29, 1.82) is 0 Å². The highest BCUT2D eigenvalue weighted by atomic mass is 16.5. The molecule has 0 radical (unpaired) electrons. The Labute approximate surface area is 179 Å². The lowest BCUT2D eigenvalue weighted by Crippen LogP contribution is -2.36. The summed E-state index contributed by atoms with van der Waals surface area (Å²) in [7, 11) is 0. The van der Waals surface area contributed by atoms with E-state index in [1.807, 2.05) is 36.4 Å². The quantitative estimate of drug-likeness (QED) is 0.509. The lowest BCUT2D eigenvalue weighted by molar-refractivity contribution is 0.0160. The number of rotatable bonds is 7. The largest absolute Gasteiger partial charge is 0.449 e. The lowest BCUT2D eigenvalue weighted by Gasteiger charge is -2.19. The molecule has 158 valence electrons. The molecule has 1 aliphatic carbocycles. The normalized spacial score (nSPS) is 14.3. The third-order valence-corrected chi connectivity index (χ3v) is 5.41. The molecule has 4 rings (SSSR count). The van der Waals surface area contributed by atoms with Gasteiger partial charge in [-0.15, -0.1) is 0 Å². The van der Waals surface area contributed by atoms with E-state index >= 15 is 0 Å². The predicted octanol–water partition coefficient (Wildman–Crippen LogP) is 2.83. The molecule has 3 N–H and O–H groups in total. The zero-order valence-corrected chi connectivity index (χ0v) is 16.6. The number of nitrogens with one attached hydrogen (secondary N) is 1. The number of fused-ring (bicyclic) bond motifs is 3. The summed E-state index contributed by atoms with van der Waals surface area (Å²) in [6, 6.07) is 18.9. The van der Waals surface area contributed by atoms with Crippen LogP contribution in [0.1, 0.15) is 39.2 Å². The van der Waals surface area contributed by atoms with Crippen molar-refractivity contribution in [1.82, 2.24) is 10.3 Å². The molecule has 0 saturated carbocycles. The molecule has 3 aromatic rings. The number of amides is 1. The Morgan fingerprint density at radius 1 is 1.06 bits per heavy atom. The van der Waals surface area contributed by atoms with Gasteiger partial charge >= 0.3 is 6.09 Å². The molecular weight excluding hydrogens is 396 g/mol. The molecule has 2 aromatic carbocycles. The van der Waals surface area contributed by atoms with Crippen LogP contribution in [0.15, 0.2) is 66.9 Å². The molecule has 1 heterocycles. The minimum atomic E-state index is -1.35. The maximum atomic E-state index is 12.2. The molecule has 7 heteroatoms. The van der Waals surface area contributed by atoms with Crippen molar-refractivity contribution < 1.29 is 24.5 Å². The first-order valence-corrected chi connectivity index (χ1v) is 9.94. The maximum Gasteiger partial charge on any atom is 0.407 e. The lowest BCUT2D eigenvalue weighted by atomic mass is 9.98. The maximum absolute atomic E-state index is 12.2. The van der Waals surface area contributed by atoms with Crippen molar-refractivity contribution in [3.05, 3.63) is 89.2 Å². The van der Waals surface area contributed by atoms with Gasteiger partial charge in [-0.2, -0.15) is 0 Å². The van der Waals surface area contributed by atoms with E-state index in [4.69, 9.17) is 4.74 Å². The van der Waals surface area contributed by atoms with Crippen molar-refractivity contribution >= 4 is 12.4 Å². The van der Waals surface area contributed by atoms with Gasteiger partial charge in [0.15, 0.2) is 0 Å². The highest BCUT2D eigenvalue weighted by molar-refractivity contribution is 5.79. The number of pyridine rings is 1. The Hall–Kier alpha value is -3.55. The van der Waals surface area contributed by atoms with E-state index in [9.17, 15) is 19.8 Å². The molecule has 1 amide bonds. The molecule has 31 heavy (non-hydrogen) atoms. The SMILES string of the molecule is O=Cc1ccnc(C(O)C(O)CNC(=O)OCC2c3ccccc3-c3ccccc32)c1. The standard InChI is InChI=1S/C24H22N2O5/c27-13-15-9-10-25-21(11-15)23(29)22(28)12-26-24(30)31-14-20-18-7-3-1-5-16(18)17-6-2-4-8-19(17)20/h1-11,13,20,22-23,28-29H,12,14H2,(H,26,30). The second-order valence-corrected chi connectivity index (χ2v) is 7.35. The fraction of sp³-hybridized carbons (Fsp3) is 0.208. The van der Waals surface area contributed by atoms with Gasteiger partial charge in [0.2, 0.25) is 0 Å². The first kappa shape index (κ1) is 20.7. The molecule has 0 fully saturated rings. The number of aliphatic hydroxyl groups is 2. The summed E-state index contributed by atoms with van der Waals surface area (Å²) in [6.45, 7) is -0.0771. The number of benzene rings is 2. The van der Waals surface area contributed by atoms with Gasteiger partial charge in [0.25, 0.3) is 0 Å². The number of nitrogens with zero attached hydrogens (tertiary/aromatic N) is 1. The number of hydrogen-bond donors (Lipinski definition) is 3. The van der Waals surface area contributed by atoms with Crippen LogP contribution in [-0.4, -0.2) is 46.8 Å². The first-order valence-electron chi connectivity index (χ1n) is 9.94. The number of alkyl carbamates (subject to hydrolysis) is 1. The molecule has 0 bridgehead atoms. The molecule has 1 aromatic heterocycles. The van der Waals surface area contributed by atoms with Crippen LogP contribution in [-0.2, 0) is 4.74 Å². The molecule has 0 aliphatic heterocycles. The molecule has 2 atom stereocenters. The van der Waals surface area contributed by atoms with Crippen LogP contribution in [0.5, 0.6) is 0 Å². The van der Waals surface area contributed by atoms with Gasteiger partial charge in [-0.1, -0.05) is 48.5 Å². The number of ether oxygens (including phenoxy) is 1. The number of carbonyl (C=O) groups is 2. The van der Waals surface area contributed by atoms with Crippen LogP contribution in [0, 0.1) is 0 Å². The van der Waals surface area contributed by atoms with E-state index in [1.165, 1.54) is 18.3 Å². The summed E-state index contributed by atoms with van der Waals surface area (Å²) in [5.74, 6) is -0.0658. The Morgan fingerprint density at radius 2 is 1.71 bits per heavy atom. The highest BCUT2D eigenvalue weighted by Gasteiger charge is 2.29. The topological polar surface area (TPSA) is 109 Å². The van der Waals surface area contributed by atoms with Gasteiger partial charge in [0.05, 0.1) is 5.69 Å². The van der Waals surface area contributed by atoms with E-state index in [0.29, 0.717) is 11.8 Å². The summed E-state index contributed by atoms with van der Waals surface area (Å²) in [6.07, 6.45) is -1.36. The Balaban J connectivity index is 1.34. The van der Waals surface area contributed by atoms with Crippen LogP contribution in [0.4, 0.5) is 4.79 Å². The van der Waals surface area contributed by atoms with Crippen molar-refractivity contribution in [2.75, 3.05) is 13.2 Å². The minimum Gasteiger partial charge on any atom is -0.449 e. The minimum absolute atomic E-state index is 0.0658. The number of hydrogen-bond acceptors (Lipinski definition) is 6. The Morgan fingerprint density at radius 3 is 2.35 bits per heavy atom. The van der Waals surface area contributed by atoms with E-state index in [0.717, 1.165) is 22.3 Å². The van der Waals surface area contributed by atoms with Crippen LogP contribution >= 0.6 is 0 Å². The van der Waals surface area contributed by atoms with Crippen LogP contribution in [0.3, 0.4) is 0 Å². The van der Waals surface area contributed by atoms with Gasteiger partial charge in [-0.25, -0.2) is 4.79 Å². The molecule has 7 nitrogen and oxygen atoms in total. The van der Waals surface area contributed by atoms with E-state index in [-0.39, 0.29) is 24.8 Å². The van der Waals surface area contributed by atoms with Crippen molar-refractivity contribution in [2.45, 2.75) is 18.1 Å². The third-order valence-electron chi connectivity index (χ3n) is 5.41. The third kappa shape index (κ3) is 4.33. The zero-order chi connectivity index (χ0) is 21.8. The van der Waals surface area contributed by atoms with Gasteiger partial charge in [-0.3, -0.25) is 9.78 Å². The first-order chi connectivity index (χ1) is 15.1. The monoisotopic (exact) mass is 418 g/mol. The number of aldehydes is 1. The summed E-state index contributed by atoms with van der Waals surface area (Å²) in [5.41, 5.74) is 4.96. The average Bonchev–Trinajstić information content (AvgIpc) is 3.14. The second-order valence-electron chi connectivity index (χ2n) is 7.35.